The lowest BCUT2D eigenvalue weighted by Crippen LogP contribution is -2.05. The molecule has 108 valence electrons. The summed E-state index contributed by atoms with van der Waals surface area (Å²) in [4.78, 5) is 5.62. The average Bonchev–Trinajstić information content (AvgIpc) is 2.65. The van der Waals surface area contributed by atoms with Gasteiger partial charge in [-0.05, 0) is 24.1 Å². The number of halogens is 2. The Kier molecular flexibility index (Phi) is 5.02. The fourth-order valence-corrected chi connectivity index (χ4v) is 3.81. The van der Waals surface area contributed by atoms with Gasteiger partial charge in [-0.15, -0.1) is 0 Å². The number of imidazole rings is 1. The van der Waals surface area contributed by atoms with E-state index in [1.807, 2.05) is 23.7 Å². The molecule has 20 heavy (non-hydrogen) atoms. The van der Waals surface area contributed by atoms with Gasteiger partial charge in [0.05, 0.1) is 12.2 Å². The molecular formula is C14H17Cl2N3S. The second-order valence-electron chi connectivity index (χ2n) is 4.84. The minimum Gasteiger partial charge on any atom is -0.325 e. The summed E-state index contributed by atoms with van der Waals surface area (Å²) < 4.78 is 2.04. The summed E-state index contributed by atoms with van der Waals surface area (Å²) in [5.41, 5.74) is 6.79. The van der Waals surface area contributed by atoms with E-state index in [1.165, 1.54) is 0 Å². The van der Waals surface area contributed by atoms with Crippen LogP contribution in [0.1, 0.15) is 31.3 Å². The Bertz CT molecular complexity index is 603. The normalized spacial score (nSPS) is 11.3. The zero-order chi connectivity index (χ0) is 14.9. The monoisotopic (exact) mass is 329 g/mol. The van der Waals surface area contributed by atoms with Crippen molar-refractivity contribution in [2.45, 2.75) is 36.2 Å². The van der Waals surface area contributed by atoms with E-state index in [-0.39, 0.29) is 0 Å². The molecule has 0 spiro atoms. The van der Waals surface area contributed by atoms with Gasteiger partial charge in [-0.2, -0.15) is 0 Å². The molecule has 0 aliphatic rings. The Labute approximate surface area is 133 Å². The van der Waals surface area contributed by atoms with Gasteiger partial charge in [-0.3, -0.25) is 0 Å². The molecular weight excluding hydrogens is 313 g/mol. The lowest BCUT2D eigenvalue weighted by molar-refractivity contribution is 0.732. The van der Waals surface area contributed by atoms with Gasteiger partial charge in [0.25, 0.3) is 0 Å². The number of aromatic nitrogens is 2. The molecule has 1 aromatic heterocycles. The van der Waals surface area contributed by atoms with Crippen molar-refractivity contribution in [2.24, 2.45) is 12.8 Å². The zero-order valence-corrected chi connectivity index (χ0v) is 14.0. The fraction of sp³-hybridized carbons (Fsp3) is 0.357. The summed E-state index contributed by atoms with van der Waals surface area (Å²) in [6.07, 6.45) is 0. The van der Waals surface area contributed by atoms with E-state index >= 15 is 0 Å². The van der Waals surface area contributed by atoms with Crippen molar-refractivity contribution < 1.29 is 0 Å². The number of hydrogen-bond donors (Lipinski definition) is 1. The summed E-state index contributed by atoms with van der Waals surface area (Å²) in [6.45, 7) is 4.67. The van der Waals surface area contributed by atoms with Crippen molar-refractivity contribution in [1.82, 2.24) is 9.55 Å². The van der Waals surface area contributed by atoms with E-state index in [2.05, 4.69) is 18.8 Å². The largest absolute Gasteiger partial charge is 0.325 e. The van der Waals surface area contributed by atoms with E-state index in [1.54, 1.807) is 17.8 Å². The molecule has 2 aromatic rings. The van der Waals surface area contributed by atoms with E-state index < -0.39 is 0 Å². The summed E-state index contributed by atoms with van der Waals surface area (Å²) >= 11 is 13.7. The lowest BCUT2D eigenvalue weighted by Gasteiger charge is -2.09. The summed E-state index contributed by atoms with van der Waals surface area (Å²) in [5, 5.41) is 2.35. The zero-order valence-electron chi connectivity index (χ0n) is 11.7. The molecule has 1 aromatic carbocycles. The summed E-state index contributed by atoms with van der Waals surface area (Å²) in [7, 11) is 1.98. The van der Waals surface area contributed by atoms with Crippen LogP contribution in [0.3, 0.4) is 0 Å². The smallest absolute Gasteiger partial charge is 0.123 e. The highest BCUT2D eigenvalue weighted by Crippen LogP contribution is 2.36. The maximum Gasteiger partial charge on any atom is 0.123 e. The van der Waals surface area contributed by atoms with Crippen LogP contribution in [0.4, 0.5) is 0 Å². The molecule has 6 heteroatoms. The quantitative estimate of drug-likeness (QED) is 0.900. The molecule has 1 heterocycles. The van der Waals surface area contributed by atoms with Crippen molar-refractivity contribution in [3.8, 4) is 0 Å². The fourth-order valence-electron chi connectivity index (χ4n) is 1.93. The van der Waals surface area contributed by atoms with Crippen LogP contribution >= 0.6 is 35.0 Å². The Hall–Kier alpha value is -0.680. The summed E-state index contributed by atoms with van der Waals surface area (Å²) in [6, 6.07) is 5.53. The lowest BCUT2D eigenvalue weighted by atomic mass is 10.2. The molecule has 3 nitrogen and oxygen atoms in total. The number of benzene rings is 1. The highest BCUT2D eigenvalue weighted by atomic mass is 35.5. The molecule has 0 radical (unpaired) electrons. The molecule has 0 saturated heterocycles. The Balaban J connectivity index is 2.44. The summed E-state index contributed by atoms with van der Waals surface area (Å²) in [5.74, 6) is 1.21. The van der Waals surface area contributed by atoms with Gasteiger partial charge in [0.1, 0.15) is 10.9 Å². The number of rotatable bonds is 4. The highest BCUT2D eigenvalue weighted by Gasteiger charge is 2.17. The Morgan fingerprint density at radius 2 is 1.85 bits per heavy atom. The predicted molar refractivity (Wildman–Crippen MR) is 85.8 cm³/mol. The molecule has 0 amide bonds. The molecule has 0 atom stereocenters. The van der Waals surface area contributed by atoms with Gasteiger partial charge >= 0.3 is 0 Å². The molecule has 2 N–H and O–H groups in total. The van der Waals surface area contributed by atoms with Crippen LogP contribution in [0.15, 0.2) is 28.1 Å². The van der Waals surface area contributed by atoms with Gasteiger partial charge < -0.3 is 10.3 Å². The third-order valence-electron chi connectivity index (χ3n) is 2.94. The molecule has 0 bridgehead atoms. The first-order valence-corrected chi connectivity index (χ1v) is 7.89. The van der Waals surface area contributed by atoms with Crippen LogP contribution in [0.2, 0.25) is 10.0 Å². The van der Waals surface area contributed by atoms with E-state index in [0.29, 0.717) is 22.5 Å². The van der Waals surface area contributed by atoms with Crippen LogP contribution in [0, 0.1) is 0 Å². The van der Waals surface area contributed by atoms with Crippen LogP contribution < -0.4 is 5.73 Å². The molecule has 2 rings (SSSR count). The van der Waals surface area contributed by atoms with E-state index in [4.69, 9.17) is 28.9 Å². The third kappa shape index (κ3) is 3.31. The second kappa shape index (κ2) is 6.39. The molecule has 0 aliphatic carbocycles. The average molecular weight is 330 g/mol. The predicted octanol–water partition coefficient (Wildman–Crippen LogP) is 4.46. The first-order valence-electron chi connectivity index (χ1n) is 6.32. The van der Waals surface area contributed by atoms with E-state index in [0.717, 1.165) is 21.4 Å². The molecule has 0 saturated carbocycles. The van der Waals surface area contributed by atoms with Crippen molar-refractivity contribution in [2.75, 3.05) is 0 Å². The minimum atomic E-state index is 0.332. The first kappa shape index (κ1) is 15.7. The Morgan fingerprint density at radius 1 is 1.25 bits per heavy atom. The van der Waals surface area contributed by atoms with Gasteiger partial charge in [-0.25, -0.2) is 4.98 Å². The van der Waals surface area contributed by atoms with Crippen LogP contribution in [-0.4, -0.2) is 9.55 Å². The van der Waals surface area contributed by atoms with Crippen molar-refractivity contribution in [3.05, 3.63) is 39.8 Å². The van der Waals surface area contributed by atoms with Gasteiger partial charge in [0.15, 0.2) is 0 Å². The van der Waals surface area contributed by atoms with E-state index in [9.17, 15) is 0 Å². The third-order valence-corrected chi connectivity index (χ3v) is 4.52. The first-order chi connectivity index (χ1) is 9.42. The van der Waals surface area contributed by atoms with Crippen LogP contribution in [0.5, 0.6) is 0 Å². The SMILES string of the molecule is CC(C)c1nc(CN)n(C)c1Sc1cc(Cl)cc(Cl)c1. The molecule has 0 aliphatic heterocycles. The Morgan fingerprint density at radius 3 is 2.35 bits per heavy atom. The van der Waals surface area contributed by atoms with Gasteiger partial charge in [0.2, 0.25) is 0 Å². The number of nitrogens with zero attached hydrogens (tertiary/aromatic N) is 2. The van der Waals surface area contributed by atoms with Crippen molar-refractivity contribution in [3.63, 3.8) is 0 Å². The second-order valence-corrected chi connectivity index (χ2v) is 6.78. The van der Waals surface area contributed by atoms with Gasteiger partial charge in [-0.1, -0.05) is 48.8 Å². The number of nitrogens with two attached hydrogens (primary N) is 1. The van der Waals surface area contributed by atoms with Crippen molar-refractivity contribution >= 4 is 35.0 Å². The number of hydrogen-bond acceptors (Lipinski definition) is 3. The van der Waals surface area contributed by atoms with Crippen LogP contribution in [-0.2, 0) is 13.6 Å². The molecule has 0 unspecified atom stereocenters. The minimum absolute atomic E-state index is 0.332. The molecule has 0 fully saturated rings. The standard InChI is InChI=1S/C14H17Cl2N3S/c1-8(2)13-14(19(3)12(7-17)18-13)20-11-5-9(15)4-10(16)6-11/h4-6,8H,7,17H2,1-3H3. The van der Waals surface area contributed by atoms with Gasteiger partial charge in [0, 0.05) is 22.0 Å². The maximum absolute atomic E-state index is 6.05. The maximum atomic E-state index is 6.05. The highest BCUT2D eigenvalue weighted by molar-refractivity contribution is 7.99. The van der Waals surface area contributed by atoms with Crippen molar-refractivity contribution in [1.29, 1.82) is 0 Å². The van der Waals surface area contributed by atoms with Crippen LogP contribution in [0.25, 0.3) is 0 Å². The topological polar surface area (TPSA) is 43.8 Å².